The molecule has 24 heavy (non-hydrogen) atoms. The van der Waals surface area contributed by atoms with E-state index < -0.39 is 0 Å². The van der Waals surface area contributed by atoms with Crippen LogP contribution in [0.2, 0.25) is 5.02 Å². The summed E-state index contributed by atoms with van der Waals surface area (Å²) in [5.41, 5.74) is 1.97. The molecule has 0 saturated heterocycles. The van der Waals surface area contributed by atoms with Crippen LogP contribution in [-0.2, 0) is 6.54 Å². The van der Waals surface area contributed by atoms with E-state index in [1.54, 1.807) is 24.2 Å². The van der Waals surface area contributed by atoms with Crippen molar-refractivity contribution in [2.24, 2.45) is 0 Å². The number of hydrogen-bond donors (Lipinski definition) is 0. The molecule has 3 rings (SSSR count). The lowest BCUT2D eigenvalue weighted by atomic mass is 10.2. The van der Waals surface area contributed by atoms with E-state index in [0.717, 1.165) is 10.0 Å². The number of carbonyl (C=O) groups is 1. The number of hydrogen-bond acceptors (Lipinski definition) is 3. The standard InChI is InChI=1S/C17H14BrClN4O/c1-22(10-12-6-2-3-7-13(12)18)17(24)15-11-23(21-20-15)16-9-5-4-8-14(16)19/h2-9,11H,10H2,1H3. The largest absolute Gasteiger partial charge is 0.336 e. The Kier molecular flexibility index (Phi) is 4.97. The van der Waals surface area contributed by atoms with Crippen LogP contribution in [0.4, 0.5) is 0 Å². The number of para-hydroxylation sites is 1. The molecule has 1 heterocycles. The molecule has 0 aliphatic carbocycles. The molecule has 1 aromatic heterocycles. The van der Waals surface area contributed by atoms with Gasteiger partial charge in [0.05, 0.1) is 16.9 Å². The van der Waals surface area contributed by atoms with E-state index >= 15 is 0 Å². The monoisotopic (exact) mass is 404 g/mol. The van der Waals surface area contributed by atoms with Crippen LogP contribution in [-0.4, -0.2) is 32.8 Å². The van der Waals surface area contributed by atoms with E-state index in [-0.39, 0.29) is 11.6 Å². The van der Waals surface area contributed by atoms with Crippen LogP contribution >= 0.6 is 27.5 Å². The highest BCUT2D eigenvalue weighted by molar-refractivity contribution is 9.10. The quantitative estimate of drug-likeness (QED) is 0.660. The molecule has 0 atom stereocenters. The summed E-state index contributed by atoms with van der Waals surface area (Å²) in [5.74, 6) is -0.205. The van der Waals surface area contributed by atoms with Crippen LogP contribution in [0.15, 0.2) is 59.2 Å². The Bertz CT molecular complexity index is 880. The smallest absolute Gasteiger partial charge is 0.276 e. The van der Waals surface area contributed by atoms with E-state index in [4.69, 9.17) is 11.6 Å². The first-order chi connectivity index (χ1) is 11.6. The summed E-state index contributed by atoms with van der Waals surface area (Å²) >= 11 is 9.63. The Balaban J connectivity index is 1.79. The third-order valence-electron chi connectivity index (χ3n) is 3.52. The maximum Gasteiger partial charge on any atom is 0.276 e. The molecule has 0 unspecified atom stereocenters. The minimum atomic E-state index is -0.205. The van der Waals surface area contributed by atoms with Crippen molar-refractivity contribution in [1.29, 1.82) is 0 Å². The zero-order valence-corrected chi connectivity index (χ0v) is 15.2. The third-order valence-corrected chi connectivity index (χ3v) is 4.62. The summed E-state index contributed by atoms with van der Waals surface area (Å²) in [4.78, 5) is 14.1. The number of rotatable bonds is 4. The minimum Gasteiger partial charge on any atom is -0.336 e. The molecule has 0 aliphatic rings. The Hall–Kier alpha value is -2.18. The summed E-state index contributed by atoms with van der Waals surface area (Å²) in [6.45, 7) is 0.471. The molecule has 0 aliphatic heterocycles. The van der Waals surface area contributed by atoms with Gasteiger partial charge in [-0.1, -0.05) is 63.1 Å². The van der Waals surface area contributed by atoms with Crippen molar-refractivity contribution in [3.63, 3.8) is 0 Å². The van der Waals surface area contributed by atoms with Gasteiger partial charge in [0.15, 0.2) is 5.69 Å². The zero-order chi connectivity index (χ0) is 17.1. The van der Waals surface area contributed by atoms with Gasteiger partial charge in [-0.3, -0.25) is 4.79 Å². The number of aromatic nitrogens is 3. The van der Waals surface area contributed by atoms with Crippen LogP contribution in [0.1, 0.15) is 16.1 Å². The van der Waals surface area contributed by atoms with E-state index in [1.165, 1.54) is 4.68 Å². The Labute approximate surface area is 153 Å². The number of amides is 1. The molecular weight excluding hydrogens is 392 g/mol. The van der Waals surface area contributed by atoms with Gasteiger partial charge in [0.25, 0.3) is 5.91 Å². The van der Waals surface area contributed by atoms with Crippen molar-refractivity contribution in [2.45, 2.75) is 6.54 Å². The van der Waals surface area contributed by atoms with Crippen molar-refractivity contribution in [3.8, 4) is 5.69 Å². The second-order valence-electron chi connectivity index (χ2n) is 5.25. The van der Waals surface area contributed by atoms with Gasteiger partial charge in [0, 0.05) is 18.1 Å². The molecule has 0 fully saturated rings. The lowest BCUT2D eigenvalue weighted by Crippen LogP contribution is -2.26. The Morgan fingerprint density at radius 2 is 1.92 bits per heavy atom. The molecule has 2 aromatic carbocycles. The first kappa shape index (κ1) is 16.7. The molecule has 3 aromatic rings. The fourth-order valence-corrected chi connectivity index (χ4v) is 2.90. The SMILES string of the molecule is CN(Cc1ccccc1Br)C(=O)c1cn(-c2ccccc2Cl)nn1. The predicted molar refractivity (Wildman–Crippen MR) is 96.3 cm³/mol. The Morgan fingerprint density at radius 1 is 1.21 bits per heavy atom. The highest BCUT2D eigenvalue weighted by Crippen LogP contribution is 2.20. The second kappa shape index (κ2) is 7.15. The molecule has 122 valence electrons. The second-order valence-corrected chi connectivity index (χ2v) is 6.51. The van der Waals surface area contributed by atoms with Crippen LogP contribution in [0.3, 0.4) is 0 Å². The van der Waals surface area contributed by atoms with Crippen molar-refractivity contribution < 1.29 is 4.79 Å². The fraction of sp³-hybridized carbons (Fsp3) is 0.118. The maximum atomic E-state index is 12.6. The molecule has 0 saturated carbocycles. The molecule has 0 bridgehead atoms. The number of benzene rings is 2. The average Bonchev–Trinajstić information content (AvgIpc) is 3.06. The van der Waals surface area contributed by atoms with Crippen molar-refractivity contribution >= 4 is 33.4 Å². The fourth-order valence-electron chi connectivity index (χ4n) is 2.27. The number of carbonyl (C=O) groups excluding carboxylic acids is 1. The van der Waals surface area contributed by atoms with Gasteiger partial charge in [0.2, 0.25) is 0 Å². The summed E-state index contributed by atoms with van der Waals surface area (Å²) in [7, 11) is 1.73. The van der Waals surface area contributed by atoms with Gasteiger partial charge in [-0.15, -0.1) is 5.10 Å². The maximum absolute atomic E-state index is 12.6. The van der Waals surface area contributed by atoms with E-state index in [1.807, 2.05) is 42.5 Å². The lowest BCUT2D eigenvalue weighted by Gasteiger charge is -2.16. The molecular formula is C17H14BrClN4O. The van der Waals surface area contributed by atoms with Crippen molar-refractivity contribution in [1.82, 2.24) is 19.9 Å². The van der Waals surface area contributed by atoms with Crippen LogP contribution in [0, 0.1) is 0 Å². The summed E-state index contributed by atoms with van der Waals surface area (Å²) in [6.07, 6.45) is 1.58. The molecule has 0 radical (unpaired) electrons. The van der Waals surface area contributed by atoms with Crippen molar-refractivity contribution in [3.05, 3.63) is 75.5 Å². The van der Waals surface area contributed by atoms with Crippen LogP contribution in [0.5, 0.6) is 0 Å². The van der Waals surface area contributed by atoms with Gasteiger partial charge in [-0.05, 0) is 23.8 Å². The lowest BCUT2D eigenvalue weighted by molar-refractivity contribution is 0.0779. The first-order valence-corrected chi connectivity index (χ1v) is 8.39. The molecule has 0 spiro atoms. The highest BCUT2D eigenvalue weighted by Gasteiger charge is 2.17. The van der Waals surface area contributed by atoms with Gasteiger partial charge in [-0.25, -0.2) is 4.68 Å². The molecule has 5 nitrogen and oxygen atoms in total. The summed E-state index contributed by atoms with van der Waals surface area (Å²) < 4.78 is 2.46. The molecule has 1 amide bonds. The highest BCUT2D eigenvalue weighted by atomic mass is 79.9. The molecule has 0 N–H and O–H groups in total. The van der Waals surface area contributed by atoms with Crippen molar-refractivity contribution in [2.75, 3.05) is 7.05 Å². The zero-order valence-electron chi connectivity index (χ0n) is 12.9. The number of nitrogens with zero attached hydrogens (tertiary/aromatic N) is 4. The average molecular weight is 406 g/mol. The van der Waals surface area contributed by atoms with E-state index in [0.29, 0.717) is 17.3 Å². The van der Waals surface area contributed by atoms with Gasteiger partial charge < -0.3 is 4.90 Å². The van der Waals surface area contributed by atoms with E-state index in [2.05, 4.69) is 26.2 Å². The minimum absolute atomic E-state index is 0.205. The van der Waals surface area contributed by atoms with E-state index in [9.17, 15) is 4.79 Å². The third kappa shape index (κ3) is 3.49. The predicted octanol–water partition coefficient (Wildman–Crippen LogP) is 3.96. The normalized spacial score (nSPS) is 10.6. The van der Waals surface area contributed by atoms with Gasteiger partial charge >= 0.3 is 0 Å². The summed E-state index contributed by atoms with van der Waals surface area (Å²) in [5, 5.41) is 8.52. The first-order valence-electron chi connectivity index (χ1n) is 7.22. The van der Waals surface area contributed by atoms with Gasteiger partial charge in [-0.2, -0.15) is 0 Å². The summed E-state index contributed by atoms with van der Waals surface area (Å²) in [6, 6.07) is 15.0. The number of halogens is 2. The molecule has 7 heteroatoms. The van der Waals surface area contributed by atoms with Crippen LogP contribution in [0.25, 0.3) is 5.69 Å². The Morgan fingerprint density at radius 3 is 2.67 bits per heavy atom. The van der Waals surface area contributed by atoms with Crippen LogP contribution < -0.4 is 0 Å². The van der Waals surface area contributed by atoms with Gasteiger partial charge in [0.1, 0.15) is 0 Å². The topological polar surface area (TPSA) is 51.0 Å².